The number of benzene rings is 1. The molecule has 0 aliphatic carbocycles. The van der Waals surface area contributed by atoms with Gasteiger partial charge in [-0.15, -0.1) is 6.58 Å². The molecule has 0 spiro atoms. The highest BCUT2D eigenvalue weighted by atomic mass is 16.8. The lowest BCUT2D eigenvalue weighted by molar-refractivity contribution is -0.339. The van der Waals surface area contributed by atoms with E-state index in [9.17, 15) is 25.2 Å². The summed E-state index contributed by atoms with van der Waals surface area (Å²) in [5.41, 5.74) is 3.66. The number of carbonyl (C=O) groups is 1. The number of aromatic nitrogens is 1. The van der Waals surface area contributed by atoms with Gasteiger partial charge >= 0.3 is 5.97 Å². The maximum atomic E-state index is 12.7. The van der Waals surface area contributed by atoms with Crippen LogP contribution in [0.2, 0.25) is 0 Å². The summed E-state index contributed by atoms with van der Waals surface area (Å²) in [6.07, 6.45) is -4.03. The second-order valence-electron chi connectivity index (χ2n) is 9.88. The molecule has 3 aliphatic rings. The van der Waals surface area contributed by atoms with E-state index < -0.39 is 61.4 Å². The Morgan fingerprint density at radius 1 is 1.18 bits per heavy atom. The fourth-order valence-corrected chi connectivity index (χ4v) is 5.74. The largest absolute Gasteiger partial charge is 0.471 e. The standard InChI is InChI=1S/C27H34N2O9/c1-3-13-16(10-19-21-15(8-9-28-19)14-6-4-5-7-18(14)29-21)17(25(34)35-2)12-36-26(13)38-27-24(33)23(32)22(31)20(11-30)37-27/h3-7,12-13,16,19-20,22-24,26-33H,1,8-11H2,2H3/t13-,16+,19?,20-,22-,23+,24-,26+,27+/m1/s1. The molecular weight excluding hydrogens is 496 g/mol. The summed E-state index contributed by atoms with van der Waals surface area (Å²) in [6, 6.07) is 8.02. The Morgan fingerprint density at radius 2 is 1.97 bits per heavy atom. The molecule has 9 atom stereocenters. The van der Waals surface area contributed by atoms with E-state index in [2.05, 4.69) is 22.9 Å². The van der Waals surface area contributed by atoms with Crippen LogP contribution in [0.25, 0.3) is 10.9 Å². The van der Waals surface area contributed by atoms with Crippen LogP contribution in [0.1, 0.15) is 23.7 Å². The highest BCUT2D eigenvalue weighted by Gasteiger charge is 2.48. The molecule has 38 heavy (non-hydrogen) atoms. The molecule has 4 heterocycles. The zero-order valence-electron chi connectivity index (χ0n) is 21.0. The van der Waals surface area contributed by atoms with Crippen LogP contribution in [0.5, 0.6) is 0 Å². The number of fused-ring (bicyclic) bond motifs is 3. The van der Waals surface area contributed by atoms with Crippen LogP contribution in [-0.4, -0.2) is 88.6 Å². The van der Waals surface area contributed by atoms with Gasteiger partial charge in [0.15, 0.2) is 6.29 Å². The number of ether oxygens (including phenoxy) is 4. The normalized spacial score (nSPS) is 35.2. The molecule has 3 aliphatic heterocycles. The number of para-hydroxylation sites is 1. The van der Waals surface area contributed by atoms with Crippen molar-refractivity contribution in [2.45, 2.75) is 55.9 Å². The van der Waals surface area contributed by atoms with Gasteiger partial charge in [-0.2, -0.15) is 0 Å². The molecular formula is C27H34N2O9. The van der Waals surface area contributed by atoms with Crippen LogP contribution in [0.3, 0.4) is 0 Å². The van der Waals surface area contributed by atoms with Crippen LogP contribution < -0.4 is 5.32 Å². The van der Waals surface area contributed by atoms with E-state index in [0.29, 0.717) is 12.0 Å². The Morgan fingerprint density at radius 3 is 2.71 bits per heavy atom. The van der Waals surface area contributed by atoms with Crippen LogP contribution in [0.4, 0.5) is 0 Å². The fourth-order valence-electron chi connectivity index (χ4n) is 5.74. The number of nitrogens with one attached hydrogen (secondary N) is 2. The third kappa shape index (κ3) is 4.75. The second-order valence-corrected chi connectivity index (χ2v) is 9.88. The molecule has 1 fully saturated rings. The number of rotatable bonds is 7. The molecule has 0 radical (unpaired) electrons. The lowest BCUT2D eigenvalue weighted by atomic mass is 9.78. The number of esters is 1. The lowest BCUT2D eigenvalue weighted by Gasteiger charge is -2.43. The number of hydrogen-bond donors (Lipinski definition) is 6. The van der Waals surface area contributed by atoms with Gasteiger partial charge in [-0.3, -0.25) is 0 Å². The van der Waals surface area contributed by atoms with Gasteiger partial charge in [-0.05, 0) is 31.0 Å². The average Bonchev–Trinajstić information content (AvgIpc) is 3.33. The highest BCUT2D eigenvalue weighted by Crippen LogP contribution is 2.42. The van der Waals surface area contributed by atoms with Crippen molar-refractivity contribution in [3.8, 4) is 0 Å². The van der Waals surface area contributed by atoms with E-state index in [1.165, 1.54) is 24.3 Å². The van der Waals surface area contributed by atoms with Gasteiger partial charge in [-0.25, -0.2) is 4.79 Å². The maximum absolute atomic E-state index is 12.7. The predicted octanol–water partition coefficient (Wildman–Crippen LogP) is 0.393. The molecule has 0 saturated carbocycles. The molecule has 0 bridgehead atoms. The monoisotopic (exact) mass is 530 g/mol. The average molecular weight is 531 g/mol. The quantitative estimate of drug-likeness (QED) is 0.218. The van der Waals surface area contributed by atoms with Crippen molar-refractivity contribution in [1.82, 2.24) is 10.3 Å². The zero-order chi connectivity index (χ0) is 27.0. The Labute approximate surface area is 219 Å². The number of H-pyrrole nitrogens is 1. The molecule has 1 aromatic carbocycles. The first-order valence-corrected chi connectivity index (χ1v) is 12.7. The van der Waals surface area contributed by atoms with Crippen LogP contribution in [0.15, 0.2) is 48.8 Å². The molecule has 1 saturated heterocycles. The van der Waals surface area contributed by atoms with Crippen molar-refractivity contribution >= 4 is 16.9 Å². The Kier molecular flexibility index (Phi) is 7.87. The molecule has 11 nitrogen and oxygen atoms in total. The van der Waals surface area contributed by atoms with Gasteiger partial charge in [-0.1, -0.05) is 24.3 Å². The van der Waals surface area contributed by atoms with Crippen molar-refractivity contribution in [2.75, 3.05) is 20.3 Å². The van der Waals surface area contributed by atoms with E-state index in [1.807, 2.05) is 18.2 Å². The number of methoxy groups -OCH3 is 1. The van der Waals surface area contributed by atoms with E-state index in [0.717, 1.165) is 24.2 Å². The summed E-state index contributed by atoms with van der Waals surface area (Å²) in [4.78, 5) is 16.3. The van der Waals surface area contributed by atoms with Gasteiger partial charge in [0.05, 0.1) is 25.6 Å². The van der Waals surface area contributed by atoms with Crippen LogP contribution >= 0.6 is 0 Å². The smallest absolute Gasteiger partial charge is 0.337 e. The van der Waals surface area contributed by atoms with Crippen molar-refractivity contribution in [1.29, 1.82) is 0 Å². The van der Waals surface area contributed by atoms with Crippen molar-refractivity contribution in [2.24, 2.45) is 11.8 Å². The van der Waals surface area contributed by atoms with E-state index >= 15 is 0 Å². The number of aliphatic hydroxyl groups is 4. The minimum Gasteiger partial charge on any atom is -0.471 e. The Bertz CT molecular complexity index is 1190. The van der Waals surface area contributed by atoms with Crippen LogP contribution in [0, 0.1) is 11.8 Å². The van der Waals surface area contributed by atoms with Gasteiger partial charge in [0.25, 0.3) is 0 Å². The van der Waals surface area contributed by atoms with Crippen molar-refractivity contribution < 1.29 is 44.2 Å². The van der Waals surface area contributed by atoms with E-state index in [4.69, 9.17) is 18.9 Å². The molecule has 6 N–H and O–H groups in total. The summed E-state index contributed by atoms with van der Waals surface area (Å²) >= 11 is 0. The van der Waals surface area contributed by atoms with E-state index in [-0.39, 0.29) is 6.04 Å². The predicted molar refractivity (Wildman–Crippen MR) is 134 cm³/mol. The number of carbonyl (C=O) groups excluding carboxylic acids is 1. The highest BCUT2D eigenvalue weighted by molar-refractivity contribution is 5.89. The van der Waals surface area contributed by atoms with Crippen molar-refractivity contribution in [3.05, 3.63) is 60.0 Å². The summed E-state index contributed by atoms with van der Waals surface area (Å²) < 4.78 is 22.2. The van der Waals surface area contributed by atoms with Gasteiger partial charge < -0.3 is 49.7 Å². The fraction of sp³-hybridized carbons (Fsp3) is 0.519. The van der Waals surface area contributed by atoms with Crippen LogP contribution in [-0.2, 0) is 30.2 Å². The first-order chi connectivity index (χ1) is 18.4. The SMILES string of the molecule is C=C[C@H]1[C@H](O[C@@H]2O[C@H](CO)[C@@H](O)[C@H](O)[C@H]2O)OC=C(C(=O)OC)[C@H]1CC1NCCc2c1[nH]c1ccccc21. The molecule has 206 valence electrons. The third-order valence-electron chi connectivity index (χ3n) is 7.77. The summed E-state index contributed by atoms with van der Waals surface area (Å²) in [5.74, 6) is -1.56. The summed E-state index contributed by atoms with van der Waals surface area (Å²) in [5, 5.41) is 45.0. The van der Waals surface area contributed by atoms with Gasteiger partial charge in [0, 0.05) is 34.5 Å². The Hall–Kier alpha value is -2.77. The molecule has 5 rings (SSSR count). The molecule has 0 amide bonds. The van der Waals surface area contributed by atoms with E-state index in [1.54, 1.807) is 6.08 Å². The Balaban J connectivity index is 1.43. The molecule has 2 aromatic rings. The topological polar surface area (TPSA) is 163 Å². The minimum atomic E-state index is -1.60. The van der Waals surface area contributed by atoms with Crippen molar-refractivity contribution in [3.63, 3.8) is 0 Å². The molecule has 11 heteroatoms. The number of hydrogen-bond acceptors (Lipinski definition) is 10. The maximum Gasteiger partial charge on any atom is 0.337 e. The molecule has 1 unspecified atom stereocenters. The first kappa shape index (κ1) is 26.8. The number of aliphatic hydroxyl groups excluding tert-OH is 4. The number of aromatic amines is 1. The lowest BCUT2D eigenvalue weighted by Crippen LogP contribution is -2.60. The molecule has 1 aromatic heterocycles. The summed E-state index contributed by atoms with van der Waals surface area (Å²) in [6.45, 7) is 4.13. The minimum absolute atomic E-state index is 0.113. The third-order valence-corrected chi connectivity index (χ3v) is 7.77. The first-order valence-electron chi connectivity index (χ1n) is 12.7. The second kappa shape index (κ2) is 11.1. The summed E-state index contributed by atoms with van der Waals surface area (Å²) in [7, 11) is 1.30. The van der Waals surface area contributed by atoms with Gasteiger partial charge in [0.2, 0.25) is 6.29 Å². The zero-order valence-corrected chi connectivity index (χ0v) is 21.0. The van der Waals surface area contributed by atoms with Gasteiger partial charge in [0.1, 0.15) is 24.4 Å².